The number of amides is 1. The average molecular weight is 517 g/mol. The molecule has 1 aliphatic carbocycles. The molecule has 0 fully saturated rings. The molecule has 4 unspecified atom stereocenters. The molecular formula is C27H36N2O8. The van der Waals surface area contributed by atoms with Crippen molar-refractivity contribution in [3.63, 3.8) is 0 Å². The van der Waals surface area contributed by atoms with E-state index in [2.05, 4.69) is 5.32 Å². The van der Waals surface area contributed by atoms with Gasteiger partial charge in [-0.05, 0) is 68.0 Å². The van der Waals surface area contributed by atoms with Gasteiger partial charge in [-0.2, -0.15) is 0 Å². The molecule has 37 heavy (non-hydrogen) atoms. The monoisotopic (exact) mass is 516 g/mol. The number of aliphatic hydroxyl groups is 2. The smallest absolute Gasteiger partial charge is 0.231 e. The van der Waals surface area contributed by atoms with Crippen molar-refractivity contribution in [2.75, 3.05) is 61.9 Å². The molecule has 10 heteroatoms. The third-order valence-corrected chi connectivity index (χ3v) is 7.10. The first-order chi connectivity index (χ1) is 17.8. The Balaban J connectivity index is 1.86. The normalized spacial score (nSPS) is 21.9. The molecular weight excluding hydrogens is 480 g/mol. The summed E-state index contributed by atoms with van der Waals surface area (Å²) in [5.41, 5.74) is 2.01. The number of hydrogen-bond donors (Lipinski definition) is 3. The summed E-state index contributed by atoms with van der Waals surface area (Å²) in [5, 5.41) is 24.8. The van der Waals surface area contributed by atoms with Crippen molar-refractivity contribution in [3.8, 4) is 28.7 Å². The summed E-state index contributed by atoms with van der Waals surface area (Å²) < 4.78 is 27.9. The minimum absolute atomic E-state index is 0.0718. The summed E-state index contributed by atoms with van der Waals surface area (Å²) in [6.07, 6.45) is -0.313. The van der Waals surface area contributed by atoms with Gasteiger partial charge in [-0.3, -0.25) is 4.79 Å². The molecule has 1 aliphatic heterocycles. The van der Waals surface area contributed by atoms with Crippen molar-refractivity contribution in [3.05, 3.63) is 41.0 Å². The lowest BCUT2D eigenvalue weighted by atomic mass is 9.64. The number of carbonyl (C=O) groups excluding carboxylic acids is 1. The van der Waals surface area contributed by atoms with Crippen LogP contribution in [-0.2, 0) is 4.79 Å². The van der Waals surface area contributed by atoms with E-state index < -0.39 is 23.9 Å². The second kappa shape index (κ2) is 11.5. The fourth-order valence-corrected chi connectivity index (χ4v) is 5.32. The van der Waals surface area contributed by atoms with Gasteiger partial charge in [0, 0.05) is 25.0 Å². The summed E-state index contributed by atoms with van der Waals surface area (Å²) in [6.45, 7) is 0.978. The Morgan fingerprint density at radius 1 is 1.03 bits per heavy atom. The highest BCUT2D eigenvalue weighted by atomic mass is 16.7. The number of hydrogen-bond acceptors (Lipinski definition) is 9. The van der Waals surface area contributed by atoms with Crippen LogP contribution in [0, 0.1) is 11.8 Å². The maximum atomic E-state index is 13.7. The van der Waals surface area contributed by atoms with E-state index >= 15 is 0 Å². The van der Waals surface area contributed by atoms with E-state index in [1.807, 2.05) is 25.1 Å². The van der Waals surface area contributed by atoms with Gasteiger partial charge in [0.1, 0.15) is 0 Å². The zero-order valence-electron chi connectivity index (χ0n) is 21.9. The van der Waals surface area contributed by atoms with Crippen LogP contribution in [0.3, 0.4) is 0 Å². The van der Waals surface area contributed by atoms with Gasteiger partial charge in [0.25, 0.3) is 0 Å². The molecule has 0 saturated heterocycles. The van der Waals surface area contributed by atoms with Crippen molar-refractivity contribution in [2.24, 2.45) is 11.8 Å². The molecule has 0 bridgehead atoms. The van der Waals surface area contributed by atoms with Crippen molar-refractivity contribution < 1.29 is 38.7 Å². The van der Waals surface area contributed by atoms with Gasteiger partial charge in [0.15, 0.2) is 23.0 Å². The zero-order valence-corrected chi connectivity index (χ0v) is 21.9. The second-order valence-electron chi connectivity index (χ2n) is 9.54. The van der Waals surface area contributed by atoms with Crippen molar-refractivity contribution in [2.45, 2.75) is 18.4 Å². The molecule has 2 aliphatic rings. The topological polar surface area (TPSA) is 119 Å². The lowest BCUT2D eigenvalue weighted by Crippen LogP contribution is -2.45. The van der Waals surface area contributed by atoms with Crippen LogP contribution in [0.2, 0.25) is 0 Å². The molecule has 4 rings (SSSR count). The minimum atomic E-state index is -1.08. The Morgan fingerprint density at radius 3 is 2.19 bits per heavy atom. The number of aliphatic hydroxyl groups excluding tert-OH is 2. The van der Waals surface area contributed by atoms with E-state index in [1.54, 1.807) is 18.2 Å². The summed E-state index contributed by atoms with van der Waals surface area (Å²) in [6, 6.07) is 7.16. The fourth-order valence-electron chi connectivity index (χ4n) is 5.32. The van der Waals surface area contributed by atoms with Crippen LogP contribution in [0.5, 0.6) is 28.7 Å². The predicted molar refractivity (Wildman–Crippen MR) is 136 cm³/mol. The van der Waals surface area contributed by atoms with Crippen LogP contribution in [0.1, 0.15) is 35.1 Å². The molecule has 0 radical (unpaired) electrons. The van der Waals surface area contributed by atoms with Gasteiger partial charge in [0.05, 0.1) is 33.4 Å². The summed E-state index contributed by atoms with van der Waals surface area (Å²) in [5.74, 6) is 0.0267. The number of methoxy groups -OCH3 is 3. The van der Waals surface area contributed by atoms with Crippen LogP contribution in [0.15, 0.2) is 24.3 Å². The van der Waals surface area contributed by atoms with Crippen LogP contribution in [-0.4, -0.2) is 82.9 Å². The number of nitrogens with zero attached hydrogens (tertiary/aromatic N) is 1. The lowest BCUT2D eigenvalue weighted by molar-refractivity contribution is -0.131. The van der Waals surface area contributed by atoms with E-state index in [0.717, 1.165) is 13.0 Å². The molecule has 1 heterocycles. The second-order valence-corrected chi connectivity index (χ2v) is 9.54. The number of ether oxygens (including phenoxy) is 5. The number of fused-ring (bicyclic) bond motifs is 2. The van der Waals surface area contributed by atoms with Gasteiger partial charge >= 0.3 is 0 Å². The number of benzene rings is 2. The van der Waals surface area contributed by atoms with Crippen LogP contribution >= 0.6 is 0 Å². The average Bonchev–Trinajstić information content (AvgIpc) is 3.36. The van der Waals surface area contributed by atoms with Crippen LogP contribution in [0.4, 0.5) is 0 Å². The number of nitrogens with one attached hydrogen (secondary N) is 1. The highest BCUT2D eigenvalue weighted by molar-refractivity contribution is 5.82. The first-order valence-corrected chi connectivity index (χ1v) is 12.3. The van der Waals surface area contributed by atoms with Gasteiger partial charge in [-0.1, -0.05) is 0 Å². The van der Waals surface area contributed by atoms with Crippen LogP contribution < -0.4 is 29.0 Å². The lowest BCUT2D eigenvalue weighted by Gasteiger charge is -2.41. The molecule has 1 amide bonds. The summed E-state index contributed by atoms with van der Waals surface area (Å²) >= 11 is 0. The number of carbonyl (C=O) groups is 1. The number of rotatable bonds is 10. The molecule has 0 aromatic heterocycles. The molecule has 2 aromatic rings. The van der Waals surface area contributed by atoms with Crippen molar-refractivity contribution >= 4 is 5.91 Å². The Hall–Kier alpha value is -3.21. The van der Waals surface area contributed by atoms with Crippen molar-refractivity contribution in [1.29, 1.82) is 0 Å². The van der Waals surface area contributed by atoms with Gasteiger partial charge in [0.2, 0.25) is 18.4 Å². The maximum Gasteiger partial charge on any atom is 0.231 e. The van der Waals surface area contributed by atoms with Gasteiger partial charge in [-0.25, -0.2) is 0 Å². The first-order valence-electron chi connectivity index (χ1n) is 12.3. The summed E-state index contributed by atoms with van der Waals surface area (Å²) in [4.78, 5) is 15.8. The molecule has 4 atom stereocenters. The standard InChI is InChI=1S/C27H36N2O8/c1-29(2)8-6-7-28-27(32)24-18(13-30)25(31)17-12-20-19(36-14-37-20)11-16(17)23(24)15-9-21(33-3)26(35-5)22(10-15)34-4/h9-12,18,23-25,30-31H,6-8,13-14H2,1-5H3,(H,28,32). The van der Waals surface area contributed by atoms with E-state index in [-0.39, 0.29) is 19.3 Å². The Morgan fingerprint density at radius 2 is 1.65 bits per heavy atom. The molecule has 3 N–H and O–H groups in total. The SMILES string of the molecule is COc1cc(C2c3cc4c(cc3C(O)C(CO)C2C(=O)NCCCN(C)C)OCO4)cc(OC)c1OC. The van der Waals surface area contributed by atoms with E-state index in [9.17, 15) is 15.0 Å². The Labute approximate surface area is 217 Å². The molecule has 0 saturated carbocycles. The third-order valence-electron chi connectivity index (χ3n) is 7.10. The predicted octanol–water partition coefficient (Wildman–Crippen LogP) is 1.91. The zero-order chi connectivity index (χ0) is 26.7. The fraction of sp³-hybridized carbons (Fsp3) is 0.519. The van der Waals surface area contributed by atoms with E-state index in [0.29, 0.717) is 52.0 Å². The molecule has 202 valence electrons. The summed E-state index contributed by atoms with van der Waals surface area (Å²) in [7, 11) is 8.54. The largest absolute Gasteiger partial charge is 0.493 e. The molecule has 0 spiro atoms. The third kappa shape index (κ3) is 5.14. The molecule has 10 nitrogen and oxygen atoms in total. The Bertz CT molecular complexity index is 1100. The van der Waals surface area contributed by atoms with Crippen molar-refractivity contribution in [1.82, 2.24) is 10.2 Å². The quantitative estimate of drug-likeness (QED) is 0.407. The Kier molecular flexibility index (Phi) is 8.31. The highest BCUT2D eigenvalue weighted by Gasteiger charge is 2.47. The first kappa shape index (κ1) is 26.8. The van der Waals surface area contributed by atoms with E-state index in [4.69, 9.17) is 23.7 Å². The van der Waals surface area contributed by atoms with E-state index in [1.165, 1.54) is 21.3 Å². The maximum absolute atomic E-state index is 13.7. The van der Waals surface area contributed by atoms with Gasteiger partial charge in [-0.15, -0.1) is 0 Å². The van der Waals surface area contributed by atoms with Gasteiger partial charge < -0.3 is 44.1 Å². The van der Waals surface area contributed by atoms with Crippen LogP contribution in [0.25, 0.3) is 0 Å². The molecule has 2 aromatic carbocycles. The minimum Gasteiger partial charge on any atom is -0.493 e. The highest BCUT2D eigenvalue weighted by Crippen LogP contribution is 2.53.